The number of hydrogen-bond acceptors (Lipinski definition) is 7. The average molecular weight is 582 g/mol. The summed E-state index contributed by atoms with van der Waals surface area (Å²) in [4.78, 5) is 2.38. The van der Waals surface area contributed by atoms with Gasteiger partial charge in [-0.3, -0.25) is 4.18 Å². The van der Waals surface area contributed by atoms with Crippen molar-refractivity contribution < 1.29 is 26.8 Å². The summed E-state index contributed by atoms with van der Waals surface area (Å²) in [5.74, 6) is -0.717. The maximum Gasteiger partial charge on any atom is 0.264 e. The Labute approximate surface area is 239 Å². The summed E-state index contributed by atoms with van der Waals surface area (Å²) in [6.07, 6.45) is 2.43. The molecular formula is C30H44ClNO6S. The van der Waals surface area contributed by atoms with E-state index in [2.05, 4.69) is 49.9 Å². The molecule has 2 aliphatic heterocycles. The molecule has 2 aromatic rings. The Morgan fingerprint density at radius 1 is 0.897 bits per heavy atom. The van der Waals surface area contributed by atoms with Gasteiger partial charge in [0.25, 0.3) is 10.1 Å². The van der Waals surface area contributed by atoms with Gasteiger partial charge in [0.05, 0.1) is 19.0 Å². The van der Waals surface area contributed by atoms with E-state index in [-0.39, 0.29) is 24.7 Å². The van der Waals surface area contributed by atoms with Crippen LogP contribution < -0.4 is 0 Å². The second-order valence-electron chi connectivity index (χ2n) is 10.5. The number of benzene rings is 2. The molecule has 7 nitrogen and oxygen atoms in total. The molecule has 0 aromatic heterocycles. The topological polar surface area (TPSA) is 74.3 Å². The number of hydrogen-bond donors (Lipinski definition) is 0. The number of halogens is 1. The molecule has 2 aromatic carbocycles. The third-order valence-corrected chi connectivity index (χ3v) is 8.08. The van der Waals surface area contributed by atoms with Crippen LogP contribution in [0, 0.1) is 5.92 Å². The molecule has 39 heavy (non-hydrogen) atoms. The van der Waals surface area contributed by atoms with Crippen LogP contribution in [-0.2, 0) is 34.9 Å². The number of ether oxygens (including phenoxy) is 3. The van der Waals surface area contributed by atoms with Gasteiger partial charge in [-0.1, -0.05) is 68.8 Å². The highest BCUT2D eigenvalue weighted by Gasteiger charge is 2.54. The Hall–Kier alpha value is -1.52. The van der Waals surface area contributed by atoms with Crippen LogP contribution in [0.15, 0.2) is 48.5 Å². The molecule has 2 aliphatic rings. The summed E-state index contributed by atoms with van der Waals surface area (Å²) in [5.41, 5.74) is 3.46. The number of fused-ring (bicyclic) bond motifs is 1. The smallest absolute Gasteiger partial charge is 0.264 e. The van der Waals surface area contributed by atoms with Crippen molar-refractivity contribution in [3.05, 3.63) is 59.1 Å². The molecule has 0 radical (unpaired) electrons. The van der Waals surface area contributed by atoms with E-state index < -0.39 is 22.2 Å². The van der Waals surface area contributed by atoms with E-state index in [1.54, 1.807) is 0 Å². The van der Waals surface area contributed by atoms with Gasteiger partial charge >= 0.3 is 0 Å². The normalized spacial score (nSPS) is 23.9. The highest BCUT2D eigenvalue weighted by Crippen LogP contribution is 2.43. The summed E-state index contributed by atoms with van der Waals surface area (Å²) < 4.78 is 45.8. The van der Waals surface area contributed by atoms with E-state index in [0.29, 0.717) is 6.42 Å². The average Bonchev–Trinajstić information content (AvgIpc) is 3.35. The van der Waals surface area contributed by atoms with Crippen LogP contribution in [0.25, 0.3) is 11.1 Å². The molecule has 218 valence electrons. The molecule has 0 spiro atoms. The summed E-state index contributed by atoms with van der Waals surface area (Å²) in [5, 5.41) is 0.722. The van der Waals surface area contributed by atoms with Crippen LogP contribution in [0.1, 0.15) is 53.0 Å². The first-order valence-corrected chi connectivity index (χ1v) is 16.1. The largest absolute Gasteiger partial charge is 0.346 e. The predicted octanol–water partition coefficient (Wildman–Crippen LogP) is 6.15. The molecule has 0 saturated carbocycles. The molecule has 2 saturated heterocycles. The molecule has 4 atom stereocenters. The Kier molecular flexibility index (Phi) is 11.8. The van der Waals surface area contributed by atoms with E-state index in [1.807, 2.05) is 38.1 Å². The van der Waals surface area contributed by atoms with Crippen molar-refractivity contribution >= 4 is 21.7 Å². The van der Waals surface area contributed by atoms with Gasteiger partial charge in [0.1, 0.15) is 6.10 Å². The van der Waals surface area contributed by atoms with Gasteiger partial charge < -0.3 is 19.1 Å². The van der Waals surface area contributed by atoms with E-state index in [1.165, 1.54) is 25.2 Å². The molecule has 0 N–H and O–H groups in total. The van der Waals surface area contributed by atoms with E-state index >= 15 is 0 Å². The number of rotatable bonds is 11. The standard InChI is InChI=1S/C24H29ClO6S.C6H15N/c1-24(2)30-22-20(14-15-28-32(3,26)27)21(29-23(22)31-24)13-6-16-4-7-17(8-5-16)18-9-11-19(25)12-10-18;1-4-7(5-2)6-3/h4-5,7-12,20-23H,6,13-15H2,1-3H3;4-6H2,1-3H3/t20-,21-,22-,23-;/m1./s1. The molecule has 4 rings (SSSR count). The molecule has 2 heterocycles. The zero-order valence-corrected chi connectivity index (χ0v) is 25.6. The lowest BCUT2D eigenvalue weighted by atomic mass is 9.91. The molecule has 0 amide bonds. The van der Waals surface area contributed by atoms with Crippen LogP contribution in [0.2, 0.25) is 5.02 Å². The fourth-order valence-corrected chi connectivity index (χ4v) is 5.62. The summed E-state index contributed by atoms with van der Waals surface area (Å²) >= 11 is 5.98. The first-order valence-electron chi connectivity index (χ1n) is 13.9. The van der Waals surface area contributed by atoms with Crippen molar-refractivity contribution in [2.24, 2.45) is 5.92 Å². The Balaban J connectivity index is 0.000000532. The maximum atomic E-state index is 11.4. The number of aryl methyl sites for hydroxylation is 1. The summed E-state index contributed by atoms with van der Waals surface area (Å²) in [7, 11) is -3.48. The molecule has 0 aliphatic carbocycles. The van der Waals surface area contributed by atoms with E-state index in [9.17, 15) is 8.42 Å². The summed E-state index contributed by atoms with van der Waals surface area (Å²) in [6, 6.07) is 16.2. The van der Waals surface area contributed by atoms with Gasteiger partial charge in [-0.25, -0.2) is 0 Å². The maximum absolute atomic E-state index is 11.4. The van der Waals surface area contributed by atoms with Gasteiger partial charge in [-0.2, -0.15) is 8.42 Å². The lowest BCUT2D eigenvalue weighted by Crippen LogP contribution is -2.31. The predicted molar refractivity (Wildman–Crippen MR) is 156 cm³/mol. The molecule has 0 bridgehead atoms. The van der Waals surface area contributed by atoms with Crippen LogP contribution in [0.4, 0.5) is 0 Å². The van der Waals surface area contributed by atoms with Gasteiger partial charge in [0.2, 0.25) is 0 Å². The lowest BCUT2D eigenvalue weighted by molar-refractivity contribution is -0.211. The molecular weight excluding hydrogens is 538 g/mol. The van der Waals surface area contributed by atoms with Gasteiger partial charge in [0, 0.05) is 10.9 Å². The van der Waals surface area contributed by atoms with Crippen LogP contribution in [0.3, 0.4) is 0 Å². The van der Waals surface area contributed by atoms with Crippen molar-refractivity contribution in [3.63, 3.8) is 0 Å². The zero-order valence-electron chi connectivity index (χ0n) is 24.1. The first kappa shape index (κ1) is 32.0. The fourth-order valence-electron chi connectivity index (χ4n) is 5.09. The first-order chi connectivity index (χ1) is 18.4. The SMILES string of the molecule is CC1(C)O[C@H]2O[C@H](CCc3ccc(-c4ccc(Cl)cc4)cc3)[C@@H](CCOS(C)(=O)=O)[C@H]2O1.CCN(CC)CC. The molecule has 9 heteroatoms. The Morgan fingerprint density at radius 3 is 1.97 bits per heavy atom. The van der Waals surface area contributed by atoms with Crippen molar-refractivity contribution in [2.75, 3.05) is 32.5 Å². The Bertz CT molecular complexity index is 1110. The van der Waals surface area contributed by atoms with Crippen LogP contribution >= 0.6 is 11.6 Å². The third-order valence-electron chi connectivity index (χ3n) is 7.24. The monoisotopic (exact) mass is 581 g/mol. The second kappa shape index (κ2) is 14.4. The van der Waals surface area contributed by atoms with E-state index in [0.717, 1.165) is 35.2 Å². The Morgan fingerprint density at radius 2 is 1.46 bits per heavy atom. The fraction of sp³-hybridized carbons (Fsp3) is 0.600. The third kappa shape index (κ3) is 9.81. The van der Waals surface area contributed by atoms with Gasteiger partial charge in [-0.15, -0.1) is 0 Å². The van der Waals surface area contributed by atoms with Crippen molar-refractivity contribution in [2.45, 2.75) is 78.2 Å². The van der Waals surface area contributed by atoms with Crippen molar-refractivity contribution in [1.82, 2.24) is 4.90 Å². The number of nitrogens with zero attached hydrogens (tertiary/aromatic N) is 1. The lowest BCUT2D eigenvalue weighted by Gasteiger charge is -2.25. The highest BCUT2D eigenvalue weighted by atomic mass is 35.5. The minimum absolute atomic E-state index is 0.00290. The van der Waals surface area contributed by atoms with Gasteiger partial charge in [-0.05, 0) is 81.6 Å². The van der Waals surface area contributed by atoms with Crippen LogP contribution in [-0.4, -0.2) is 70.1 Å². The molecule has 0 unspecified atom stereocenters. The minimum atomic E-state index is -3.48. The molecule has 2 fully saturated rings. The quantitative estimate of drug-likeness (QED) is 0.295. The second-order valence-corrected chi connectivity index (χ2v) is 12.6. The van der Waals surface area contributed by atoms with Crippen molar-refractivity contribution in [3.8, 4) is 11.1 Å². The highest BCUT2D eigenvalue weighted by molar-refractivity contribution is 7.85. The minimum Gasteiger partial charge on any atom is -0.346 e. The van der Waals surface area contributed by atoms with Crippen LogP contribution in [0.5, 0.6) is 0 Å². The zero-order chi connectivity index (χ0) is 28.6. The van der Waals surface area contributed by atoms with E-state index in [4.69, 9.17) is 30.0 Å². The van der Waals surface area contributed by atoms with Gasteiger partial charge in [0.15, 0.2) is 12.1 Å². The van der Waals surface area contributed by atoms with Crippen molar-refractivity contribution in [1.29, 1.82) is 0 Å². The summed E-state index contributed by atoms with van der Waals surface area (Å²) in [6.45, 7) is 13.9.